The molecule has 128 valence electrons. The van der Waals surface area contributed by atoms with Crippen LogP contribution < -0.4 is 11.1 Å². The molecule has 0 atom stereocenters. The Balaban J connectivity index is 2.21. The van der Waals surface area contributed by atoms with Gasteiger partial charge in [-0.2, -0.15) is 0 Å². The molecule has 5 nitrogen and oxygen atoms in total. The van der Waals surface area contributed by atoms with E-state index < -0.39 is 0 Å². The van der Waals surface area contributed by atoms with E-state index in [-0.39, 0.29) is 6.04 Å². The van der Waals surface area contributed by atoms with Crippen LogP contribution in [0.5, 0.6) is 0 Å². The summed E-state index contributed by atoms with van der Waals surface area (Å²) < 4.78 is 0. The Hall–Kier alpha value is -2.50. The van der Waals surface area contributed by atoms with Gasteiger partial charge in [-0.1, -0.05) is 23.7 Å². The second kappa shape index (κ2) is 7.59. The first-order valence-electron chi connectivity index (χ1n) is 8.12. The number of pyridine rings is 1. The molecule has 3 aromatic rings. The van der Waals surface area contributed by atoms with Gasteiger partial charge in [-0.3, -0.25) is 4.98 Å². The number of nitrogens with two attached hydrogens (primary N) is 1. The molecule has 0 amide bonds. The van der Waals surface area contributed by atoms with Crippen molar-refractivity contribution in [2.75, 3.05) is 5.32 Å². The Bertz CT molecular complexity index is 848. The molecule has 3 N–H and O–H groups in total. The molecular formula is C19H20ClN5. The van der Waals surface area contributed by atoms with Gasteiger partial charge in [-0.15, -0.1) is 0 Å². The highest BCUT2D eigenvalue weighted by atomic mass is 35.5. The summed E-state index contributed by atoms with van der Waals surface area (Å²) in [5.41, 5.74) is 9.51. The highest BCUT2D eigenvalue weighted by molar-refractivity contribution is 6.30. The molecule has 6 heteroatoms. The zero-order valence-electron chi connectivity index (χ0n) is 14.2. The van der Waals surface area contributed by atoms with Crippen molar-refractivity contribution >= 4 is 17.4 Å². The zero-order chi connectivity index (χ0) is 17.8. The van der Waals surface area contributed by atoms with Crippen molar-refractivity contribution in [1.29, 1.82) is 0 Å². The topological polar surface area (TPSA) is 76.7 Å². The van der Waals surface area contributed by atoms with Gasteiger partial charge < -0.3 is 11.1 Å². The van der Waals surface area contributed by atoms with Crippen LogP contribution in [0.4, 0.5) is 5.82 Å². The monoisotopic (exact) mass is 353 g/mol. The van der Waals surface area contributed by atoms with Gasteiger partial charge in [0.1, 0.15) is 5.82 Å². The summed E-state index contributed by atoms with van der Waals surface area (Å²) >= 11 is 6.02. The Kier molecular flexibility index (Phi) is 5.26. The minimum Gasteiger partial charge on any atom is -0.367 e. The number of benzene rings is 1. The van der Waals surface area contributed by atoms with Crippen molar-refractivity contribution in [1.82, 2.24) is 15.0 Å². The number of hydrogen-bond acceptors (Lipinski definition) is 5. The molecule has 0 unspecified atom stereocenters. The maximum Gasteiger partial charge on any atom is 0.163 e. The van der Waals surface area contributed by atoms with E-state index in [1.54, 1.807) is 12.4 Å². The van der Waals surface area contributed by atoms with E-state index in [0.717, 1.165) is 28.2 Å². The van der Waals surface area contributed by atoms with Gasteiger partial charge in [-0.25, -0.2) is 9.97 Å². The van der Waals surface area contributed by atoms with Crippen LogP contribution in [-0.4, -0.2) is 21.0 Å². The van der Waals surface area contributed by atoms with Gasteiger partial charge in [-0.05, 0) is 38.1 Å². The van der Waals surface area contributed by atoms with Crippen LogP contribution in [-0.2, 0) is 6.54 Å². The molecule has 0 spiro atoms. The molecule has 2 heterocycles. The molecule has 0 aliphatic rings. The van der Waals surface area contributed by atoms with E-state index in [1.165, 1.54) is 0 Å². The second-order valence-electron chi connectivity index (χ2n) is 5.97. The minimum absolute atomic E-state index is 0.222. The summed E-state index contributed by atoms with van der Waals surface area (Å²) in [4.78, 5) is 13.6. The molecule has 0 aliphatic heterocycles. The molecule has 3 rings (SSSR count). The fourth-order valence-electron chi connectivity index (χ4n) is 2.54. The van der Waals surface area contributed by atoms with Gasteiger partial charge in [0.25, 0.3) is 0 Å². The number of nitrogens with zero attached hydrogens (tertiary/aromatic N) is 3. The molecule has 0 saturated carbocycles. The largest absolute Gasteiger partial charge is 0.367 e. The number of anilines is 1. The van der Waals surface area contributed by atoms with Crippen molar-refractivity contribution < 1.29 is 0 Å². The van der Waals surface area contributed by atoms with Crippen molar-refractivity contribution in [2.45, 2.75) is 26.4 Å². The Morgan fingerprint density at radius 3 is 2.44 bits per heavy atom. The van der Waals surface area contributed by atoms with Crippen LogP contribution in [0.2, 0.25) is 5.02 Å². The Morgan fingerprint density at radius 1 is 1.08 bits per heavy atom. The summed E-state index contributed by atoms with van der Waals surface area (Å²) in [6, 6.07) is 11.6. The summed E-state index contributed by atoms with van der Waals surface area (Å²) in [6.07, 6.45) is 3.48. The molecule has 2 aromatic heterocycles. The summed E-state index contributed by atoms with van der Waals surface area (Å²) in [5.74, 6) is 1.36. The van der Waals surface area contributed by atoms with Crippen LogP contribution in [0.25, 0.3) is 22.6 Å². The predicted molar refractivity (Wildman–Crippen MR) is 102 cm³/mol. The second-order valence-corrected chi connectivity index (χ2v) is 6.41. The average molecular weight is 354 g/mol. The number of hydrogen-bond donors (Lipinski definition) is 2. The van der Waals surface area contributed by atoms with Crippen LogP contribution in [0.1, 0.15) is 19.4 Å². The van der Waals surface area contributed by atoms with Crippen molar-refractivity contribution in [3.63, 3.8) is 0 Å². The fourth-order valence-corrected chi connectivity index (χ4v) is 2.67. The van der Waals surface area contributed by atoms with Crippen LogP contribution >= 0.6 is 11.6 Å². The number of nitrogens with one attached hydrogen (secondary N) is 1. The molecule has 0 bridgehead atoms. The highest BCUT2D eigenvalue weighted by Gasteiger charge is 2.16. The summed E-state index contributed by atoms with van der Waals surface area (Å²) in [5, 5.41) is 4.06. The molecule has 0 radical (unpaired) electrons. The smallest absolute Gasteiger partial charge is 0.163 e. The Morgan fingerprint density at radius 2 is 1.84 bits per heavy atom. The Labute approximate surface area is 152 Å². The van der Waals surface area contributed by atoms with Gasteiger partial charge in [0.15, 0.2) is 5.82 Å². The van der Waals surface area contributed by atoms with Crippen molar-refractivity contribution in [3.8, 4) is 22.6 Å². The lowest BCUT2D eigenvalue weighted by Gasteiger charge is -2.17. The lowest BCUT2D eigenvalue weighted by Crippen LogP contribution is -2.16. The first-order valence-corrected chi connectivity index (χ1v) is 8.50. The van der Waals surface area contributed by atoms with E-state index in [9.17, 15) is 0 Å². The summed E-state index contributed by atoms with van der Waals surface area (Å²) in [7, 11) is 0. The maximum absolute atomic E-state index is 6.02. The highest BCUT2D eigenvalue weighted by Crippen LogP contribution is 2.30. The molecule has 25 heavy (non-hydrogen) atoms. The van der Waals surface area contributed by atoms with E-state index in [1.807, 2.05) is 36.4 Å². The molecule has 0 aliphatic carbocycles. The fraction of sp³-hybridized carbons (Fsp3) is 0.211. The molecule has 0 saturated heterocycles. The molecular weight excluding hydrogens is 334 g/mol. The van der Waals surface area contributed by atoms with E-state index >= 15 is 0 Å². The van der Waals surface area contributed by atoms with Gasteiger partial charge in [0, 0.05) is 46.7 Å². The SMILES string of the molecule is CC(C)Nc1nc(-c2cccnc2)nc(-c2ccc(Cl)cc2)c1CN. The summed E-state index contributed by atoms with van der Waals surface area (Å²) in [6.45, 7) is 4.46. The number of aromatic nitrogens is 3. The lowest BCUT2D eigenvalue weighted by atomic mass is 10.1. The lowest BCUT2D eigenvalue weighted by molar-refractivity contribution is 0.875. The molecule has 1 aromatic carbocycles. The van der Waals surface area contributed by atoms with Crippen LogP contribution in [0, 0.1) is 0 Å². The average Bonchev–Trinajstić information content (AvgIpc) is 2.62. The maximum atomic E-state index is 6.02. The third kappa shape index (κ3) is 3.95. The zero-order valence-corrected chi connectivity index (χ0v) is 15.0. The standard InChI is InChI=1S/C19H20ClN5/c1-12(2)23-19-16(10-21)17(13-5-7-15(20)8-6-13)24-18(25-19)14-4-3-9-22-11-14/h3-9,11-12H,10,21H2,1-2H3,(H,23,24,25). The van der Waals surface area contributed by atoms with E-state index in [4.69, 9.17) is 22.3 Å². The van der Waals surface area contributed by atoms with Crippen LogP contribution in [0.3, 0.4) is 0 Å². The van der Waals surface area contributed by atoms with E-state index in [2.05, 4.69) is 29.1 Å². The van der Waals surface area contributed by atoms with Gasteiger partial charge >= 0.3 is 0 Å². The first-order chi connectivity index (χ1) is 12.1. The number of rotatable bonds is 5. The van der Waals surface area contributed by atoms with Crippen LogP contribution in [0.15, 0.2) is 48.8 Å². The van der Waals surface area contributed by atoms with Gasteiger partial charge in [0.05, 0.1) is 5.69 Å². The quantitative estimate of drug-likeness (QED) is 0.721. The predicted octanol–water partition coefficient (Wildman–Crippen LogP) is 4.14. The third-order valence-corrected chi connectivity index (χ3v) is 3.93. The van der Waals surface area contributed by atoms with Crippen molar-refractivity contribution in [3.05, 3.63) is 59.4 Å². The number of halogens is 1. The molecule has 0 fully saturated rings. The third-order valence-electron chi connectivity index (χ3n) is 3.67. The minimum atomic E-state index is 0.222. The van der Waals surface area contributed by atoms with E-state index in [0.29, 0.717) is 17.4 Å². The van der Waals surface area contributed by atoms with Gasteiger partial charge in [0.2, 0.25) is 0 Å². The normalized spacial score (nSPS) is 10.9. The van der Waals surface area contributed by atoms with Crippen molar-refractivity contribution in [2.24, 2.45) is 5.73 Å². The first kappa shape index (κ1) is 17.3.